The average molecular weight is 454 g/mol. The van der Waals surface area contributed by atoms with Crippen molar-refractivity contribution in [1.82, 2.24) is 10.2 Å². The number of ether oxygens (including phenoxy) is 2. The van der Waals surface area contributed by atoms with Crippen LogP contribution in [0.15, 0.2) is 71.3 Å². The van der Waals surface area contributed by atoms with Gasteiger partial charge in [0.05, 0.1) is 19.4 Å². The van der Waals surface area contributed by atoms with Gasteiger partial charge in [0.1, 0.15) is 23.1 Å². The second kappa shape index (κ2) is 10.9. The lowest BCUT2D eigenvalue weighted by Crippen LogP contribution is -2.50. The minimum absolute atomic E-state index is 0.0869. The molecule has 1 N–H and O–H groups in total. The highest BCUT2D eigenvalue weighted by Crippen LogP contribution is 2.25. The molecule has 0 aliphatic carbocycles. The molecule has 0 spiro atoms. The number of benzene rings is 2. The second-order valence-corrected chi connectivity index (χ2v) is 7.80. The fraction of sp³-hybridized carbons (Fsp3) is 0.320. The number of carbonyl (C=O) groups is 1. The SMILES string of the molecule is COc1cccc(OCC(=O)NCC(c2ccco2)N2CCN(c3ccc(F)cc3)CC2)c1. The lowest BCUT2D eigenvalue weighted by molar-refractivity contribution is -0.123. The van der Waals surface area contributed by atoms with E-state index in [2.05, 4.69) is 15.1 Å². The second-order valence-electron chi connectivity index (χ2n) is 7.80. The summed E-state index contributed by atoms with van der Waals surface area (Å²) in [5, 5.41) is 2.96. The Morgan fingerprint density at radius 2 is 1.82 bits per heavy atom. The Labute approximate surface area is 192 Å². The van der Waals surface area contributed by atoms with E-state index >= 15 is 0 Å². The van der Waals surface area contributed by atoms with Gasteiger partial charge in [-0.3, -0.25) is 9.69 Å². The first-order valence-corrected chi connectivity index (χ1v) is 10.9. The molecule has 33 heavy (non-hydrogen) atoms. The maximum atomic E-state index is 13.2. The van der Waals surface area contributed by atoms with Crippen LogP contribution >= 0.6 is 0 Å². The molecule has 1 aromatic heterocycles. The highest BCUT2D eigenvalue weighted by Gasteiger charge is 2.27. The van der Waals surface area contributed by atoms with E-state index in [0.717, 1.165) is 37.6 Å². The summed E-state index contributed by atoms with van der Waals surface area (Å²) >= 11 is 0. The topological polar surface area (TPSA) is 67.2 Å². The number of halogens is 1. The summed E-state index contributed by atoms with van der Waals surface area (Å²) < 4.78 is 29.7. The Hall–Kier alpha value is -3.52. The van der Waals surface area contributed by atoms with Crippen molar-refractivity contribution in [2.75, 3.05) is 51.3 Å². The molecule has 1 fully saturated rings. The minimum atomic E-state index is -0.235. The molecule has 0 radical (unpaired) electrons. The van der Waals surface area contributed by atoms with Crippen molar-refractivity contribution in [3.63, 3.8) is 0 Å². The molecule has 1 aliphatic heterocycles. The molecule has 4 rings (SSSR count). The first-order chi connectivity index (χ1) is 16.1. The molecule has 2 heterocycles. The number of hydrogen-bond acceptors (Lipinski definition) is 6. The molecule has 0 saturated carbocycles. The zero-order valence-corrected chi connectivity index (χ0v) is 18.6. The molecule has 3 aromatic rings. The van der Waals surface area contributed by atoms with Crippen molar-refractivity contribution in [1.29, 1.82) is 0 Å². The lowest BCUT2D eigenvalue weighted by atomic mass is 10.1. The number of amides is 1. The van der Waals surface area contributed by atoms with Gasteiger partial charge in [0.15, 0.2) is 6.61 Å². The summed E-state index contributed by atoms with van der Waals surface area (Å²) in [4.78, 5) is 17.0. The smallest absolute Gasteiger partial charge is 0.258 e. The van der Waals surface area contributed by atoms with E-state index < -0.39 is 0 Å². The van der Waals surface area contributed by atoms with E-state index in [1.54, 1.807) is 37.6 Å². The first kappa shape index (κ1) is 22.7. The highest BCUT2D eigenvalue weighted by atomic mass is 19.1. The van der Waals surface area contributed by atoms with Crippen molar-refractivity contribution < 1.29 is 23.1 Å². The Kier molecular flexibility index (Phi) is 7.47. The molecule has 1 atom stereocenters. The van der Waals surface area contributed by atoms with Gasteiger partial charge in [0.25, 0.3) is 5.91 Å². The molecular weight excluding hydrogens is 425 g/mol. The third-order valence-electron chi connectivity index (χ3n) is 5.72. The van der Waals surface area contributed by atoms with Gasteiger partial charge in [-0.1, -0.05) is 6.07 Å². The number of carbonyl (C=O) groups excluding carboxylic acids is 1. The van der Waals surface area contributed by atoms with Crippen LogP contribution < -0.4 is 19.7 Å². The van der Waals surface area contributed by atoms with E-state index in [9.17, 15) is 9.18 Å². The number of anilines is 1. The van der Waals surface area contributed by atoms with E-state index in [1.165, 1.54) is 12.1 Å². The fourth-order valence-corrected chi connectivity index (χ4v) is 3.94. The molecule has 174 valence electrons. The van der Waals surface area contributed by atoms with E-state index in [0.29, 0.717) is 18.0 Å². The number of nitrogens with one attached hydrogen (secondary N) is 1. The van der Waals surface area contributed by atoms with Crippen LogP contribution in [0.4, 0.5) is 10.1 Å². The van der Waals surface area contributed by atoms with Gasteiger partial charge in [-0.2, -0.15) is 0 Å². The Balaban J connectivity index is 1.31. The molecule has 1 aliphatic rings. The molecular formula is C25H28FN3O4. The number of nitrogens with zero attached hydrogens (tertiary/aromatic N) is 2. The van der Waals surface area contributed by atoms with Crippen molar-refractivity contribution in [3.8, 4) is 11.5 Å². The Morgan fingerprint density at radius 3 is 2.52 bits per heavy atom. The van der Waals surface area contributed by atoms with Crippen LogP contribution in [0.5, 0.6) is 11.5 Å². The van der Waals surface area contributed by atoms with Crippen molar-refractivity contribution >= 4 is 11.6 Å². The van der Waals surface area contributed by atoms with Gasteiger partial charge in [-0.25, -0.2) is 4.39 Å². The number of methoxy groups -OCH3 is 1. The molecule has 8 heteroatoms. The van der Waals surface area contributed by atoms with Gasteiger partial charge < -0.3 is 24.1 Å². The molecule has 1 amide bonds. The predicted molar refractivity (Wildman–Crippen MR) is 123 cm³/mol. The van der Waals surface area contributed by atoms with Gasteiger partial charge in [0, 0.05) is 44.5 Å². The largest absolute Gasteiger partial charge is 0.497 e. The van der Waals surface area contributed by atoms with Crippen LogP contribution in [0.3, 0.4) is 0 Å². The maximum Gasteiger partial charge on any atom is 0.258 e. The van der Waals surface area contributed by atoms with E-state index in [1.807, 2.05) is 24.3 Å². The third-order valence-corrected chi connectivity index (χ3v) is 5.72. The van der Waals surface area contributed by atoms with Crippen molar-refractivity contribution in [2.45, 2.75) is 6.04 Å². The first-order valence-electron chi connectivity index (χ1n) is 10.9. The zero-order valence-electron chi connectivity index (χ0n) is 18.6. The van der Waals surface area contributed by atoms with Crippen molar-refractivity contribution in [2.24, 2.45) is 0 Å². The van der Waals surface area contributed by atoms with Crippen LogP contribution in [0.1, 0.15) is 11.8 Å². The van der Waals surface area contributed by atoms with Crippen LogP contribution in [-0.2, 0) is 4.79 Å². The number of piperazine rings is 1. The van der Waals surface area contributed by atoms with E-state index in [-0.39, 0.29) is 24.4 Å². The Bertz CT molecular complexity index is 1020. The molecule has 0 bridgehead atoms. The van der Waals surface area contributed by atoms with Gasteiger partial charge >= 0.3 is 0 Å². The summed E-state index contributed by atoms with van der Waals surface area (Å²) in [7, 11) is 1.58. The van der Waals surface area contributed by atoms with Crippen LogP contribution in [-0.4, -0.2) is 57.2 Å². The van der Waals surface area contributed by atoms with Crippen LogP contribution in [0.25, 0.3) is 0 Å². The molecule has 1 saturated heterocycles. The standard InChI is InChI=1S/C25H28FN3O4/c1-31-21-4-2-5-22(16-21)33-18-25(30)27-17-23(24-6-3-15-32-24)29-13-11-28(12-14-29)20-9-7-19(26)8-10-20/h2-10,15-16,23H,11-14,17-18H2,1H3,(H,27,30). The average Bonchev–Trinajstić information content (AvgIpc) is 3.39. The predicted octanol–water partition coefficient (Wildman–Crippen LogP) is 3.49. The number of rotatable bonds is 9. The molecule has 7 nitrogen and oxygen atoms in total. The summed E-state index contributed by atoms with van der Waals surface area (Å²) in [6.07, 6.45) is 1.64. The third kappa shape index (κ3) is 6.04. The fourth-order valence-electron chi connectivity index (χ4n) is 3.94. The molecule has 2 aromatic carbocycles. The van der Waals surface area contributed by atoms with Gasteiger partial charge in [-0.15, -0.1) is 0 Å². The normalized spacial score (nSPS) is 15.2. The lowest BCUT2D eigenvalue weighted by Gasteiger charge is -2.39. The minimum Gasteiger partial charge on any atom is -0.497 e. The number of furan rings is 1. The van der Waals surface area contributed by atoms with E-state index in [4.69, 9.17) is 13.9 Å². The van der Waals surface area contributed by atoms with Crippen molar-refractivity contribution in [3.05, 3.63) is 78.5 Å². The van der Waals surface area contributed by atoms with Crippen LogP contribution in [0, 0.1) is 5.82 Å². The summed E-state index contributed by atoms with van der Waals surface area (Å²) in [5.41, 5.74) is 1.01. The van der Waals surface area contributed by atoms with Gasteiger partial charge in [0.2, 0.25) is 0 Å². The summed E-state index contributed by atoms with van der Waals surface area (Å²) in [5.74, 6) is 1.61. The van der Waals surface area contributed by atoms with Crippen LogP contribution in [0.2, 0.25) is 0 Å². The maximum absolute atomic E-state index is 13.2. The molecule has 1 unspecified atom stereocenters. The summed E-state index contributed by atoms with van der Waals surface area (Å²) in [6, 6.07) is 17.4. The summed E-state index contributed by atoms with van der Waals surface area (Å²) in [6.45, 7) is 3.50. The van der Waals surface area contributed by atoms with Gasteiger partial charge in [-0.05, 0) is 48.5 Å². The monoisotopic (exact) mass is 453 g/mol. The zero-order chi connectivity index (χ0) is 23.0. The quantitative estimate of drug-likeness (QED) is 0.535. The Morgan fingerprint density at radius 1 is 1.06 bits per heavy atom. The highest BCUT2D eigenvalue weighted by molar-refractivity contribution is 5.77. The number of hydrogen-bond donors (Lipinski definition) is 1.